The number of alkyl halides is 2. The first kappa shape index (κ1) is 17.2. The van der Waals surface area contributed by atoms with E-state index in [-0.39, 0.29) is 6.61 Å². The second-order valence-electron chi connectivity index (χ2n) is 4.89. The summed E-state index contributed by atoms with van der Waals surface area (Å²) in [6, 6.07) is 10.6. The van der Waals surface area contributed by atoms with Crippen molar-refractivity contribution in [3.05, 3.63) is 53.6 Å². The predicted octanol–water partition coefficient (Wildman–Crippen LogP) is 3.58. The molecule has 0 unspecified atom stereocenters. The van der Waals surface area contributed by atoms with Crippen LogP contribution in [0.4, 0.5) is 8.78 Å². The number of methoxy groups -OCH3 is 1. The third-order valence-corrected chi connectivity index (χ3v) is 4.60. The summed E-state index contributed by atoms with van der Waals surface area (Å²) >= 11 is 0. The van der Waals surface area contributed by atoms with Crippen LogP contribution in [0.5, 0.6) is 11.5 Å². The molecule has 0 amide bonds. The highest BCUT2D eigenvalue weighted by molar-refractivity contribution is 7.91. The number of ether oxygens (including phenoxy) is 2. The molecule has 0 heterocycles. The Kier molecular flexibility index (Phi) is 5.20. The Morgan fingerprint density at radius 2 is 1.70 bits per heavy atom. The minimum absolute atomic E-state index is 0.161. The normalized spacial score (nSPS) is 11.5. The Morgan fingerprint density at radius 1 is 1.04 bits per heavy atom. The second kappa shape index (κ2) is 6.95. The van der Waals surface area contributed by atoms with Crippen molar-refractivity contribution in [1.29, 1.82) is 0 Å². The molecule has 0 aliphatic rings. The first-order chi connectivity index (χ1) is 10.8. The fraction of sp³-hybridized carbons (Fsp3) is 0.250. The van der Waals surface area contributed by atoms with Crippen LogP contribution in [-0.2, 0) is 16.4 Å². The van der Waals surface area contributed by atoms with E-state index in [1.165, 1.54) is 19.2 Å². The summed E-state index contributed by atoms with van der Waals surface area (Å²) < 4.78 is 58.4. The zero-order valence-corrected chi connectivity index (χ0v) is 13.4. The third kappa shape index (κ3) is 3.98. The van der Waals surface area contributed by atoms with Gasteiger partial charge in [0.2, 0.25) is 9.84 Å². The lowest BCUT2D eigenvalue weighted by molar-refractivity contribution is 0.234. The number of hydrogen-bond donors (Lipinski definition) is 0. The Labute approximate surface area is 133 Å². The third-order valence-electron chi connectivity index (χ3n) is 3.20. The number of benzene rings is 2. The van der Waals surface area contributed by atoms with Crippen LogP contribution in [0.15, 0.2) is 47.4 Å². The molecule has 4 nitrogen and oxygen atoms in total. The van der Waals surface area contributed by atoms with Gasteiger partial charge in [0, 0.05) is 0 Å². The average Bonchev–Trinajstić information content (AvgIpc) is 2.53. The van der Waals surface area contributed by atoms with E-state index in [1.807, 2.05) is 19.1 Å². The van der Waals surface area contributed by atoms with Crippen LogP contribution >= 0.6 is 0 Å². The molecule has 0 spiro atoms. The Hall–Kier alpha value is -2.15. The van der Waals surface area contributed by atoms with E-state index in [4.69, 9.17) is 9.47 Å². The summed E-state index contributed by atoms with van der Waals surface area (Å²) in [7, 11) is -3.04. The number of aryl methyl sites for hydroxylation is 1. The largest absolute Gasteiger partial charge is 0.493 e. The molecule has 0 aromatic heterocycles. The van der Waals surface area contributed by atoms with E-state index in [0.717, 1.165) is 17.7 Å². The van der Waals surface area contributed by atoms with Gasteiger partial charge in [0.25, 0.3) is 0 Å². The Morgan fingerprint density at radius 3 is 2.26 bits per heavy atom. The standard InChI is InChI=1S/C16H16F2O4S/c1-11-3-8-14(15(9-11)21-2)22-10-12-4-6-13(7-5-12)23(19,20)16(17)18/h3-9,16H,10H2,1-2H3. The molecule has 0 saturated heterocycles. The molecular weight excluding hydrogens is 326 g/mol. The van der Waals surface area contributed by atoms with Gasteiger partial charge in [0.15, 0.2) is 11.5 Å². The van der Waals surface area contributed by atoms with E-state index in [2.05, 4.69) is 0 Å². The molecule has 23 heavy (non-hydrogen) atoms. The molecule has 0 bridgehead atoms. The molecule has 2 aromatic rings. The topological polar surface area (TPSA) is 52.6 Å². The van der Waals surface area contributed by atoms with Crippen LogP contribution in [-0.4, -0.2) is 21.3 Å². The second-order valence-corrected chi connectivity index (χ2v) is 6.81. The van der Waals surface area contributed by atoms with E-state index in [0.29, 0.717) is 17.1 Å². The SMILES string of the molecule is COc1cc(C)ccc1OCc1ccc(S(=O)(=O)C(F)F)cc1. The maximum absolute atomic E-state index is 12.5. The fourth-order valence-corrected chi connectivity index (χ4v) is 2.65. The molecule has 0 atom stereocenters. The summed E-state index contributed by atoms with van der Waals surface area (Å²) in [5, 5.41) is 0. The minimum Gasteiger partial charge on any atom is -0.493 e. The number of halogens is 2. The lowest BCUT2D eigenvalue weighted by Crippen LogP contribution is -2.11. The van der Waals surface area contributed by atoms with Crippen LogP contribution in [0.25, 0.3) is 0 Å². The maximum Gasteiger partial charge on any atom is 0.341 e. The minimum atomic E-state index is -4.57. The highest BCUT2D eigenvalue weighted by Crippen LogP contribution is 2.28. The van der Waals surface area contributed by atoms with Crippen LogP contribution in [0.1, 0.15) is 11.1 Å². The average molecular weight is 342 g/mol. The molecule has 0 radical (unpaired) electrons. The van der Waals surface area contributed by atoms with Crippen LogP contribution in [0.3, 0.4) is 0 Å². The summed E-state index contributed by atoms with van der Waals surface area (Å²) in [4.78, 5) is -0.413. The van der Waals surface area contributed by atoms with Gasteiger partial charge < -0.3 is 9.47 Å². The molecule has 0 saturated carbocycles. The molecule has 0 aliphatic heterocycles. The molecule has 2 rings (SSSR count). The van der Waals surface area contributed by atoms with Gasteiger partial charge in [-0.15, -0.1) is 0 Å². The first-order valence-corrected chi connectivity index (χ1v) is 8.27. The highest BCUT2D eigenvalue weighted by atomic mass is 32.2. The summed E-state index contributed by atoms with van der Waals surface area (Å²) in [6.45, 7) is 2.09. The van der Waals surface area contributed by atoms with Crippen molar-refractivity contribution in [2.45, 2.75) is 24.2 Å². The molecule has 124 valence electrons. The van der Waals surface area contributed by atoms with Crippen molar-refractivity contribution < 1.29 is 26.7 Å². The predicted molar refractivity (Wildman–Crippen MR) is 81.7 cm³/mol. The van der Waals surface area contributed by atoms with Gasteiger partial charge in [0.05, 0.1) is 12.0 Å². The van der Waals surface area contributed by atoms with Crippen LogP contribution in [0, 0.1) is 6.92 Å². The quantitative estimate of drug-likeness (QED) is 0.805. The monoisotopic (exact) mass is 342 g/mol. The number of sulfone groups is 1. The lowest BCUT2D eigenvalue weighted by atomic mass is 10.2. The van der Waals surface area contributed by atoms with E-state index in [9.17, 15) is 17.2 Å². The lowest BCUT2D eigenvalue weighted by Gasteiger charge is -2.11. The molecule has 0 aliphatic carbocycles. The zero-order chi connectivity index (χ0) is 17.0. The fourth-order valence-electron chi connectivity index (χ4n) is 1.93. The van der Waals surface area contributed by atoms with E-state index < -0.39 is 20.5 Å². The summed E-state index contributed by atoms with van der Waals surface area (Å²) in [6.07, 6.45) is 0. The number of rotatable bonds is 6. The Balaban J connectivity index is 2.11. The van der Waals surface area contributed by atoms with Gasteiger partial charge in [-0.2, -0.15) is 8.78 Å². The first-order valence-electron chi connectivity index (χ1n) is 6.73. The van der Waals surface area contributed by atoms with Crippen molar-refractivity contribution in [1.82, 2.24) is 0 Å². The molecular formula is C16H16F2O4S. The zero-order valence-electron chi connectivity index (χ0n) is 12.6. The summed E-state index contributed by atoms with van der Waals surface area (Å²) in [5.41, 5.74) is 1.68. The molecule has 2 aromatic carbocycles. The smallest absolute Gasteiger partial charge is 0.341 e. The van der Waals surface area contributed by atoms with E-state index >= 15 is 0 Å². The molecule has 0 fully saturated rings. The van der Waals surface area contributed by atoms with Crippen molar-refractivity contribution in [2.75, 3.05) is 7.11 Å². The highest BCUT2D eigenvalue weighted by Gasteiger charge is 2.26. The Bertz CT molecular complexity index is 771. The van der Waals surface area contributed by atoms with Gasteiger partial charge in [-0.05, 0) is 42.3 Å². The van der Waals surface area contributed by atoms with Crippen LogP contribution in [0.2, 0.25) is 0 Å². The van der Waals surface area contributed by atoms with Gasteiger partial charge >= 0.3 is 5.76 Å². The summed E-state index contributed by atoms with van der Waals surface area (Å²) in [5.74, 6) is -2.30. The van der Waals surface area contributed by atoms with Crippen molar-refractivity contribution in [2.24, 2.45) is 0 Å². The molecule has 7 heteroatoms. The van der Waals surface area contributed by atoms with Crippen molar-refractivity contribution >= 4 is 9.84 Å². The number of hydrogen-bond acceptors (Lipinski definition) is 4. The van der Waals surface area contributed by atoms with Gasteiger partial charge in [-0.1, -0.05) is 18.2 Å². The van der Waals surface area contributed by atoms with Gasteiger partial charge in [0.1, 0.15) is 6.61 Å². The molecule has 0 N–H and O–H groups in total. The van der Waals surface area contributed by atoms with E-state index in [1.54, 1.807) is 6.07 Å². The van der Waals surface area contributed by atoms with Gasteiger partial charge in [-0.3, -0.25) is 0 Å². The van der Waals surface area contributed by atoms with Crippen molar-refractivity contribution in [3.8, 4) is 11.5 Å². The van der Waals surface area contributed by atoms with Crippen molar-refractivity contribution in [3.63, 3.8) is 0 Å². The van der Waals surface area contributed by atoms with Crippen LogP contribution < -0.4 is 9.47 Å². The van der Waals surface area contributed by atoms with Gasteiger partial charge in [-0.25, -0.2) is 8.42 Å². The maximum atomic E-state index is 12.5.